The van der Waals surface area contributed by atoms with Gasteiger partial charge in [0.05, 0.1) is 22.5 Å². The van der Waals surface area contributed by atoms with E-state index in [9.17, 15) is 4.79 Å². The van der Waals surface area contributed by atoms with Crippen molar-refractivity contribution >= 4 is 22.5 Å². The van der Waals surface area contributed by atoms with Crippen molar-refractivity contribution in [1.29, 1.82) is 0 Å². The van der Waals surface area contributed by atoms with Crippen molar-refractivity contribution in [2.45, 2.75) is 0 Å². The third-order valence-corrected chi connectivity index (χ3v) is 4.92. The van der Waals surface area contributed by atoms with Crippen molar-refractivity contribution in [3.63, 3.8) is 0 Å². The summed E-state index contributed by atoms with van der Waals surface area (Å²) in [5.41, 5.74) is 4.47. The molecule has 0 radical (unpaired) electrons. The lowest BCUT2D eigenvalue weighted by Gasteiger charge is -2.08. The average Bonchev–Trinajstić information content (AvgIpc) is 3.26. The van der Waals surface area contributed by atoms with E-state index in [1.807, 2.05) is 91.0 Å². The van der Waals surface area contributed by atoms with E-state index in [2.05, 4.69) is 10.3 Å². The number of anilines is 1. The Kier molecular flexibility index (Phi) is 4.54. The van der Waals surface area contributed by atoms with Gasteiger partial charge in [-0.3, -0.25) is 9.78 Å². The molecule has 144 valence electrons. The van der Waals surface area contributed by atoms with Crippen LogP contribution in [0.15, 0.2) is 103 Å². The van der Waals surface area contributed by atoms with Crippen LogP contribution in [-0.4, -0.2) is 20.7 Å². The molecule has 0 spiro atoms. The second-order valence-corrected chi connectivity index (χ2v) is 6.87. The van der Waals surface area contributed by atoms with Gasteiger partial charge in [0.1, 0.15) is 5.69 Å². The predicted molar refractivity (Wildman–Crippen MR) is 119 cm³/mol. The zero-order chi connectivity index (χ0) is 20.3. The standard InChI is InChI=1S/C25H18N4O/c30-25(27-23-15-7-14-22-20(23)13-8-16-26-22)21-17-29(19-11-5-2-6-12-19)28-24(21)18-9-3-1-4-10-18/h1-17H,(H,27,30). The van der Waals surface area contributed by atoms with Crippen LogP contribution in [0, 0.1) is 0 Å². The largest absolute Gasteiger partial charge is 0.321 e. The molecule has 1 N–H and O–H groups in total. The molecule has 2 aromatic heterocycles. The molecule has 5 rings (SSSR count). The van der Waals surface area contributed by atoms with E-state index in [1.54, 1.807) is 17.1 Å². The minimum Gasteiger partial charge on any atom is -0.321 e. The van der Waals surface area contributed by atoms with Gasteiger partial charge >= 0.3 is 0 Å². The average molecular weight is 390 g/mol. The van der Waals surface area contributed by atoms with E-state index < -0.39 is 0 Å². The summed E-state index contributed by atoms with van der Waals surface area (Å²) in [6.45, 7) is 0. The van der Waals surface area contributed by atoms with Gasteiger partial charge in [0.25, 0.3) is 5.91 Å². The summed E-state index contributed by atoms with van der Waals surface area (Å²) >= 11 is 0. The number of para-hydroxylation sites is 1. The van der Waals surface area contributed by atoms with Crippen molar-refractivity contribution in [3.8, 4) is 16.9 Å². The fourth-order valence-corrected chi connectivity index (χ4v) is 3.46. The number of pyridine rings is 1. The Morgan fingerprint density at radius 1 is 0.800 bits per heavy atom. The summed E-state index contributed by atoms with van der Waals surface area (Å²) < 4.78 is 1.74. The zero-order valence-electron chi connectivity index (χ0n) is 16.1. The first-order chi connectivity index (χ1) is 14.8. The Balaban J connectivity index is 1.58. The molecule has 0 unspecified atom stereocenters. The van der Waals surface area contributed by atoms with Crippen LogP contribution in [-0.2, 0) is 0 Å². The topological polar surface area (TPSA) is 59.8 Å². The molecule has 5 heteroatoms. The lowest BCUT2D eigenvalue weighted by molar-refractivity contribution is 0.102. The lowest BCUT2D eigenvalue weighted by atomic mass is 10.1. The van der Waals surface area contributed by atoms with Crippen LogP contribution in [0.4, 0.5) is 5.69 Å². The maximum absolute atomic E-state index is 13.3. The molecule has 0 atom stereocenters. The van der Waals surface area contributed by atoms with Crippen molar-refractivity contribution in [2.24, 2.45) is 0 Å². The van der Waals surface area contributed by atoms with Gasteiger partial charge in [-0.1, -0.05) is 54.6 Å². The van der Waals surface area contributed by atoms with Crippen LogP contribution in [0.3, 0.4) is 0 Å². The maximum Gasteiger partial charge on any atom is 0.259 e. The second kappa shape index (κ2) is 7.64. The van der Waals surface area contributed by atoms with Crippen LogP contribution in [0.1, 0.15) is 10.4 Å². The smallest absolute Gasteiger partial charge is 0.259 e. The number of aromatic nitrogens is 3. The van der Waals surface area contributed by atoms with Gasteiger partial charge in [0.2, 0.25) is 0 Å². The molecule has 0 aliphatic carbocycles. The van der Waals surface area contributed by atoms with E-state index in [1.165, 1.54) is 0 Å². The SMILES string of the molecule is O=C(Nc1cccc2ncccc12)c1cn(-c2ccccc2)nc1-c1ccccc1. The molecule has 0 bridgehead atoms. The van der Waals surface area contributed by atoms with Crippen molar-refractivity contribution in [1.82, 2.24) is 14.8 Å². The van der Waals surface area contributed by atoms with Crippen molar-refractivity contribution in [3.05, 3.63) is 109 Å². The summed E-state index contributed by atoms with van der Waals surface area (Å²) in [6.07, 6.45) is 3.52. The Bertz CT molecular complexity index is 1320. The van der Waals surface area contributed by atoms with Gasteiger partial charge in [-0.2, -0.15) is 5.10 Å². The monoisotopic (exact) mass is 390 g/mol. The highest BCUT2D eigenvalue weighted by Crippen LogP contribution is 2.26. The van der Waals surface area contributed by atoms with Gasteiger partial charge in [0, 0.05) is 23.3 Å². The molecule has 30 heavy (non-hydrogen) atoms. The number of amides is 1. The second-order valence-electron chi connectivity index (χ2n) is 6.87. The Morgan fingerprint density at radius 3 is 2.37 bits per heavy atom. The highest BCUT2D eigenvalue weighted by molar-refractivity contribution is 6.11. The fraction of sp³-hybridized carbons (Fsp3) is 0. The molecule has 0 fully saturated rings. The van der Waals surface area contributed by atoms with Crippen molar-refractivity contribution in [2.75, 3.05) is 5.32 Å². The number of hydrogen-bond donors (Lipinski definition) is 1. The number of benzene rings is 3. The van der Waals surface area contributed by atoms with E-state index in [-0.39, 0.29) is 5.91 Å². The normalized spacial score (nSPS) is 10.8. The molecule has 3 aromatic carbocycles. The Morgan fingerprint density at radius 2 is 1.57 bits per heavy atom. The van der Waals surface area contributed by atoms with Gasteiger partial charge in [0.15, 0.2) is 0 Å². The lowest BCUT2D eigenvalue weighted by Crippen LogP contribution is -2.12. The Hall–Kier alpha value is -4.25. The molecule has 0 saturated carbocycles. The summed E-state index contributed by atoms with van der Waals surface area (Å²) in [5, 5.41) is 8.66. The van der Waals surface area contributed by atoms with E-state index >= 15 is 0 Å². The number of carbonyl (C=O) groups excluding carboxylic acids is 1. The molecular weight excluding hydrogens is 372 g/mol. The maximum atomic E-state index is 13.3. The molecule has 0 aliphatic heterocycles. The molecule has 0 saturated heterocycles. The summed E-state index contributed by atoms with van der Waals surface area (Å²) in [6, 6.07) is 29.0. The molecule has 2 heterocycles. The van der Waals surface area contributed by atoms with E-state index in [0.717, 1.165) is 27.8 Å². The van der Waals surface area contributed by atoms with Crippen LogP contribution in [0.25, 0.3) is 27.8 Å². The van der Waals surface area contributed by atoms with Crippen molar-refractivity contribution < 1.29 is 4.79 Å². The van der Waals surface area contributed by atoms with E-state index in [4.69, 9.17) is 5.10 Å². The van der Waals surface area contributed by atoms with Crippen LogP contribution in [0.5, 0.6) is 0 Å². The van der Waals surface area contributed by atoms with Gasteiger partial charge < -0.3 is 5.32 Å². The minimum atomic E-state index is -0.215. The van der Waals surface area contributed by atoms with Crippen LogP contribution in [0.2, 0.25) is 0 Å². The predicted octanol–water partition coefficient (Wildman–Crippen LogP) is 5.34. The number of nitrogens with one attached hydrogen (secondary N) is 1. The molecular formula is C25H18N4O. The van der Waals surface area contributed by atoms with Crippen LogP contribution < -0.4 is 5.32 Å². The molecule has 5 aromatic rings. The molecule has 5 nitrogen and oxygen atoms in total. The first kappa shape index (κ1) is 17.8. The van der Waals surface area contributed by atoms with E-state index in [0.29, 0.717) is 11.3 Å². The Labute approximate surface area is 173 Å². The first-order valence-corrected chi connectivity index (χ1v) is 9.65. The number of hydrogen-bond acceptors (Lipinski definition) is 3. The first-order valence-electron chi connectivity index (χ1n) is 9.65. The molecule has 0 aliphatic rings. The molecule has 1 amide bonds. The number of fused-ring (bicyclic) bond motifs is 1. The summed E-state index contributed by atoms with van der Waals surface area (Å²) in [4.78, 5) is 17.7. The zero-order valence-corrected chi connectivity index (χ0v) is 16.1. The third-order valence-electron chi connectivity index (χ3n) is 4.92. The number of rotatable bonds is 4. The summed E-state index contributed by atoms with van der Waals surface area (Å²) in [7, 11) is 0. The van der Waals surface area contributed by atoms with Gasteiger partial charge in [-0.05, 0) is 36.4 Å². The highest BCUT2D eigenvalue weighted by atomic mass is 16.1. The number of carbonyl (C=O) groups is 1. The van der Waals surface area contributed by atoms with Gasteiger partial charge in [-0.15, -0.1) is 0 Å². The highest BCUT2D eigenvalue weighted by Gasteiger charge is 2.19. The summed E-state index contributed by atoms with van der Waals surface area (Å²) in [5.74, 6) is -0.215. The van der Waals surface area contributed by atoms with Gasteiger partial charge in [-0.25, -0.2) is 4.68 Å². The fourth-order valence-electron chi connectivity index (χ4n) is 3.46. The minimum absolute atomic E-state index is 0.215. The number of nitrogens with zero attached hydrogens (tertiary/aromatic N) is 3. The third kappa shape index (κ3) is 3.33. The van der Waals surface area contributed by atoms with Crippen LogP contribution >= 0.6 is 0 Å². The quantitative estimate of drug-likeness (QED) is 0.451.